The average Bonchev–Trinajstić information content (AvgIpc) is 2.06. The molecule has 0 aliphatic rings. The Morgan fingerprint density at radius 1 is 1.42 bits per heavy atom. The van der Waals surface area contributed by atoms with Gasteiger partial charge in [0.25, 0.3) is 0 Å². The highest BCUT2D eigenvalue weighted by Crippen LogP contribution is 2.04. The summed E-state index contributed by atoms with van der Waals surface area (Å²) in [5.41, 5.74) is 0.751. The summed E-state index contributed by atoms with van der Waals surface area (Å²) in [6.45, 7) is 1.80. The van der Waals surface area contributed by atoms with Gasteiger partial charge in [0.1, 0.15) is 0 Å². The van der Waals surface area contributed by atoms with Crippen molar-refractivity contribution in [1.29, 1.82) is 0 Å². The van der Waals surface area contributed by atoms with Crippen molar-refractivity contribution >= 4 is 21.5 Å². The van der Waals surface area contributed by atoms with E-state index in [2.05, 4.69) is 5.32 Å². The van der Waals surface area contributed by atoms with Gasteiger partial charge in [-0.1, -0.05) is 18.2 Å². The van der Waals surface area contributed by atoms with Gasteiger partial charge >= 0.3 is 15.9 Å². The van der Waals surface area contributed by atoms with Crippen LogP contribution >= 0.6 is 0 Å². The third-order valence-electron chi connectivity index (χ3n) is 1.21. The molecule has 0 aromatic heterocycles. The van der Waals surface area contributed by atoms with Crippen LogP contribution in [0.4, 0.5) is 10.5 Å². The van der Waals surface area contributed by atoms with E-state index < -0.39 is 6.09 Å². The van der Waals surface area contributed by atoms with Crippen LogP contribution in [0.5, 0.6) is 0 Å². The first-order chi connectivity index (χ1) is 5.83. The van der Waals surface area contributed by atoms with E-state index in [1.807, 2.05) is 18.2 Å². The number of para-hydroxylation sites is 1. The van der Waals surface area contributed by atoms with Gasteiger partial charge in [0.15, 0.2) is 0 Å². The Kier molecular flexibility index (Phi) is 3.34. The lowest BCUT2D eigenvalue weighted by Gasteiger charge is -2.03. The van der Waals surface area contributed by atoms with Crippen molar-refractivity contribution in [1.82, 2.24) is 0 Å². The van der Waals surface area contributed by atoms with Crippen LogP contribution in [0, 0.1) is 0 Å². The summed E-state index contributed by atoms with van der Waals surface area (Å²) >= 11 is 0. The average molecular weight is 179 g/mol. The van der Waals surface area contributed by atoms with Gasteiger partial charge < -0.3 is 4.43 Å². The normalized spacial score (nSPS) is 9.08. The Labute approximate surface area is 73.7 Å². The SMILES string of the molecule is C[Si]OC(=O)Nc1ccccc1. The molecule has 0 aliphatic heterocycles. The molecule has 0 spiro atoms. The molecule has 1 N–H and O–H groups in total. The molecule has 1 amide bonds. The molecule has 0 saturated carbocycles. The van der Waals surface area contributed by atoms with Crippen LogP contribution < -0.4 is 5.32 Å². The van der Waals surface area contributed by atoms with Crippen LogP contribution in [-0.2, 0) is 4.43 Å². The highest BCUT2D eigenvalue weighted by Gasteiger charge is 1.99. The van der Waals surface area contributed by atoms with Gasteiger partial charge in [-0.2, -0.15) is 0 Å². The molecular formula is C8H9NO2Si. The quantitative estimate of drug-likeness (QED) is 0.704. The van der Waals surface area contributed by atoms with Gasteiger partial charge in [0.2, 0.25) is 0 Å². The Hall–Kier alpha value is -1.29. The molecule has 4 heteroatoms. The number of anilines is 1. The van der Waals surface area contributed by atoms with Crippen molar-refractivity contribution in [2.24, 2.45) is 0 Å². The lowest BCUT2D eigenvalue weighted by molar-refractivity contribution is 0.218. The molecule has 1 aromatic carbocycles. The fourth-order valence-electron chi connectivity index (χ4n) is 0.758. The van der Waals surface area contributed by atoms with E-state index >= 15 is 0 Å². The van der Waals surface area contributed by atoms with Crippen LogP contribution in [0.2, 0.25) is 6.55 Å². The first kappa shape index (κ1) is 8.80. The number of hydrogen-bond acceptors (Lipinski definition) is 2. The summed E-state index contributed by atoms with van der Waals surface area (Å²) in [6, 6.07) is 9.20. The predicted octanol–water partition coefficient (Wildman–Crippen LogP) is 1.90. The second-order valence-electron chi connectivity index (χ2n) is 2.08. The minimum absolute atomic E-state index is 0.178. The third-order valence-corrected chi connectivity index (χ3v) is 1.60. The first-order valence-electron chi connectivity index (χ1n) is 3.52. The van der Waals surface area contributed by atoms with E-state index in [1.165, 1.54) is 0 Å². The summed E-state index contributed by atoms with van der Waals surface area (Å²) in [6.07, 6.45) is -0.401. The van der Waals surface area contributed by atoms with Crippen LogP contribution in [0.3, 0.4) is 0 Å². The van der Waals surface area contributed by atoms with Crippen LogP contribution in [0.25, 0.3) is 0 Å². The number of carbonyl (C=O) groups excluding carboxylic acids is 1. The molecule has 0 unspecified atom stereocenters. The second-order valence-corrected chi connectivity index (χ2v) is 2.70. The summed E-state index contributed by atoms with van der Waals surface area (Å²) < 4.78 is 4.72. The second kappa shape index (κ2) is 4.56. The summed E-state index contributed by atoms with van der Waals surface area (Å²) in [4.78, 5) is 10.9. The maximum atomic E-state index is 10.9. The van der Waals surface area contributed by atoms with Gasteiger partial charge in [-0.05, 0) is 18.7 Å². The first-order valence-corrected chi connectivity index (χ1v) is 4.93. The third kappa shape index (κ3) is 2.75. The fraction of sp³-hybridized carbons (Fsp3) is 0.125. The molecule has 0 heterocycles. The maximum Gasteiger partial charge on any atom is 0.397 e. The Bertz CT molecular complexity index is 250. The van der Waals surface area contributed by atoms with Crippen molar-refractivity contribution in [3.63, 3.8) is 0 Å². The predicted molar refractivity (Wildman–Crippen MR) is 48.2 cm³/mol. The zero-order chi connectivity index (χ0) is 8.81. The monoisotopic (exact) mass is 179 g/mol. The highest BCUT2D eigenvalue weighted by molar-refractivity contribution is 6.29. The van der Waals surface area contributed by atoms with Crippen molar-refractivity contribution in [3.8, 4) is 0 Å². The largest absolute Gasteiger partial charge is 0.501 e. The molecule has 1 rings (SSSR count). The topological polar surface area (TPSA) is 38.3 Å². The molecule has 0 atom stereocenters. The van der Waals surface area contributed by atoms with E-state index in [0.29, 0.717) is 0 Å². The van der Waals surface area contributed by atoms with Crippen molar-refractivity contribution < 1.29 is 9.22 Å². The highest BCUT2D eigenvalue weighted by atomic mass is 28.2. The fourth-order valence-corrected chi connectivity index (χ4v) is 0.994. The molecule has 0 saturated heterocycles. The smallest absolute Gasteiger partial charge is 0.397 e. The molecule has 0 bridgehead atoms. The molecule has 2 radical (unpaired) electrons. The van der Waals surface area contributed by atoms with Gasteiger partial charge in [0.05, 0.1) is 0 Å². The summed E-state index contributed by atoms with van der Waals surface area (Å²) in [5, 5.41) is 2.59. The number of rotatable bonds is 2. The van der Waals surface area contributed by atoms with Crippen LogP contribution in [-0.4, -0.2) is 15.9 Å². The Morgan fingerprint density at radius 2 is 2.08 bits per heavy atom. The molecular weight excluding hydrogens is 170 g/mol. The van der Waals surface area contributed by atoms with E-state index in [9.17, 15) is 4.79 Å². The molecule has 62 valence electrons. The van der Waals surface area contributed by atoms with Gasteiger partial charge in [-0.3, -0.25) is 5.32 Å². The minimum atomic E-state index is -0.401. The molecule has 1 aromatic rings. The molecule has 0 aliphatic carbocycles. The summed E-state index contributed by atoms with van der Waals surface area (Å²) in [5.74, 6) is 0. The minimum Gasteiger partial charge on any atom is -0.501 e. The number of nitrogens with one attached hydrogen (secondary N) is 1. The standard InChI is InChI=1S/C8H9NO2Si/c1-12-11-8(10)9-7-5-3-2-4-6-7/h2-6H,1H3,(H,9,10). The van der Waals surface area contributed by atoms with E-state index in [0.717, 1.165) is 5.69 Å². The lowest BCUT2D eigenvalue weighted by Crippen LogP contribution is -2.14. The van der Waals surface area contributed by atoms with Crippen molar-refractivity contribution in [3.05, 3.63) is 30.3 Å². The number of carbonyl (C=O) groups is 1. The van der Waals surface area contributed by atoms with Crippen LogP contribution in [0.1, 0.15) is 0 Å². The van der Waals surface area contributed by atoms with Crippen molar-refractivity contribution in [2.45, 2.75) is 6.55 Å². The van der Waals surface area contributed by atoms with Gasteiger partial charge in [-0.25, -0.2) is 4.79 Å². The van der Waals surface area contributed by atoms with Gasteiger partial charge in [0, 0.05) is 5.69 Å². The molecule has 12 heavy (non-hydrogen) atoms. The van der Waals surface area contributed by atoms with Crippen molar-refractivity contribution in [2.75, 3.05) is 5.32 Å². The van der Waals surface area contributed by atoms with Gasteiger partial charge in [-0.15, -0.1) is 0 Å². The zero-order valence-electron chi connectivity index (χ0n) is 6.70. The lowest BCUT2D eigenvalue weighted by atomic mass is 10.3. The van der Waals surface area contributed by atoms with Crippen LogP contribution in [0.15, 0.2) is 30.3 Å². The Morgan fingerprint density at radius 3 is 2.67 bits per heavy atom. The zero-order valence-corrected chi connectivity index (χ0v) is 7.70. The Balaban J connectivity index is 2.47. The maximum absolute atomic E-state index is 10.9. The number of hydrogen-bond donors (Lipinski definition) is 1. The molecule has 3 nitrogen and oxygen atoms in total. The number of benzene rings is 1. The van der Waals surface area contributed by atoms with E-state index in [4.69, 9.17) is 4.43 Å². The molecule has 0 fully saturated rings. The summed E-state index contributed by atoms with van der Waals surface area (Å²) in [7, 11) is 0.178. The number of amides is 1. The van der Waals surface area contributed by atoms with E-state index in [-0.39, 0.29) is 9.76 Å². The van der Waals surface area contributed by atoms with E-state index in [1.54, 1.807) is 18.7 Å².